The third kappa shape index (κ3) is 3.88. The van der Waals surface area contributed by atoms with E-state index in [1.165, 1.54) is 9.21 Å². The molecule has 156 valence electrons. The summed E-state index contributed by atoms with van der Waals surface area (Å²) in [6, 6.07) is 6.64. The van der Waals surface area contributed by atoms with Gasteiger partial charge < -0.3 is 5.32 Å². The van der Waals surface area contributed by atoms with Crippen molar-refractivity contribution < 1.29 is 22.8 Å². The molecule has 3 aliphatic rings. The van der Waals surface area contributed by atoms with Gasteiger partial charge in [-0.05, 0) is 43.5 Å². The maximum Gasteiger partial charge on any atom is 0.235 e. The summed E-state index contributed by atoms with van der Waals surface area (Å²) in [5.41, 5.74) is 1.12. The molecule has 3 amide bonds. The van der Waals surface area contributed by atoms with E-state index in [9.17, 15) is 22.8 Å². The molecule has 2 atom stereocenters. The van der Waals surface area contributed by atoms with Gasteiger partial charge in [0.25, 0.3) is 0 Å². The number of likely N-dealkylation sites (tertiary alicyclic amines) is 1. The van der Waals surface area contributed by atoms with Gasteiger partial charge in [-0.2, -0.15) is 0 Å². The number of fused-ring (bicyclic) bond motifs is 1. The number of nitrogens with one attached hydrogen (secondary N) is 1. The van der Waals surface area contributed by atoms with Crippen LogP contribution in [0, 0.1) is 11.8 Å². The van der Waals surface area contributed by atoms with Gasteiger partial charge in [0.2, 0.25) is 27.7 Å². The molecule has 1 aliphatic carbocycles. The maximum atomic E-state index is 12.5. The molecule has 1 aromatic carbocycles. The van der Waals surface area contributed by atoms with Gasteiger partial charge in [0.1, 0.15) is 0 Å². The van der Waals surface area contributed by atoms with Crippen molar-refractivity contribution in [2.24, 2.45) is 11.8 Å². The van der Waals surface area contributed by atoms with E-state index in [1.54, 1.807) is 24.3 Å². The average Bonchev–Trinajstić information content (AvgIpc) is 3.18. The fraction of sp³-hybridized carbons (Fsp3) is 0.550. The lowest BCUT2D eigenvalue weighted by Gasteiger charge is -2.19. The molecule has 29 heavy (non-hydrogen) atoms. The molecular formula is C20H25N3O5S. The lowest BCUT2D eigenvalue weighted by atomic mass is 9.81. The molecule has 2 saturated heterocycles. The number of carbonyl (C=O) groups excluding carboxylic acids is 3. The Morgan fingerprint density at radius 2 is 1.62 bits per heavy atom. The van der Waals surface area contributed by atoms with Gasteiger partial charge in [-0.15, -0.1) is 0 Å². The predicted octanol–water partition coefficient (Wildman–Crippen LogP) is 1.73. The van der Waals surface area contributed by atoms with Crippen LogP contribution in [0.25, 0.3) is 0 Å². The van der Waals surface area contributed by atoms with Gasteiger partial charge >= 0.3 is 0 Å². The van der Waals surface area contributed by atoms with E-state index in [0.29, 0.717) is 24.3 Å². The third-order valence-electron chi connectivity index (χ3n) is 6.03. The minimum atomic E-state index is -3.24. The molecule has 0 radical (unpaired) electrons. The smallest absolute Gasteiger partial charge is 0.235 e. The van der Waals surface area contributed by atoms with Crippen LogP contribution in [0.15, 0.2) is 24.3 Å². The monoisotopic (exact) mass is 419 g/mol. The Balaban J connectivity index is 1.32. The summed E-state index contributed by atoms with van der Waals surface area (Å²) in [5.74, 6) is -0.807. The molecule has 2 aliphatic heterocycles. The molecule has 4 rings (SSSR count). The third-order valence-corrected chi connectivity index (χ3v) is 7.90. The Kier molecular flexibility index (Phi) is 5.33. The van der Waals surface area contributed by atoms with Crippen LogP contribution in [0.5, 0.6) is 0 Å². The Hall–Kier alpha value is -2.42. The van der Waals surface area contributed by atoms with Crippen LogP contribution in [0.2, 0.25) is 0 Å². The number of hydrogen-bond acceptors (Lipinski definition) is 5. The summed E-state index contributed by atoms with van der Waals surface area (Å²) in [6.07, 6.45) is 4.12. The number of benzene rings is 1. The van der Waals surface area contributed by atoms with Crippen LogP contribution in [0.1, 0.15) is 38.5 Å². The summed E-state index contributed by atoms with van der Waals surface area (Å²) in [5, 5.41) is 2.74. The second-order valence-electron chi connectivity index (χ2n) is 7.91. The summed E-state index contributed by atoms with van der Waals surface area (Å²) in [7, 11) is -3.24. The lowest BCUT2D eigenvalue weighted by Crippen LogP contribution is -2.34. The lowest BCUT2D eigenvalue weighted by molar-refractivity contribution is -0.140. The van der Waals surface area contributed by atoms with E-state index in [0.717, 1.165) is 25.7 Å². The normalized spacial score (nSPS) is 25.9. The van der Waals surface area contributed by atoms with E-state index in [2.05, 4.69) is 5.32 Å². The molecule has 9 heteroatoms. The Morgan fingerprint density at radius 1 is 1.00 bits per heavy atom. The van der Waals surface area contributed by atoms with Crippen molar-refractivity contribution in [1.82, 2.24) is 4.90 Å². The van der Waals surface area contributed by atoms with Gasteiger partial charge in [-0.25, -0.2) is 8.42 Å². The number of rotatable bonds is 5. The van der Waals surface area contributed by atoms with Gasteiger partial charge in [0.05, 0.1) is 23.3 Å². The van der Waals surface area contributed by atoms with Crippen molar-refractivity contribution in [2.75, 3.05) is 28.5 Å². The number of anilines is 2. The van der Waals surface area contributed by atoms with Crippen LogP contribution in [-0.4, -0.2) is 49.9 Å². The summed E-state index contributed by atoms with van der Waals surface area (Å²) < 4.78 is 25.3. The zero-order valence-electron chi connectivity index (χ0n) is 16.2. The van der Waals surface area contributed by atoms with Crippen molar-refractivity contribution in [3.8, 4) is 0 Å². The number of hydrogen-bond donors (Lipinski definition) is 1. The Morgan fingerprint density at radius 3 is 2.17 bits per heavy atom. The number of nitrogens with zero attached hydrogens (tertiary/aromatic N) is 2. The van der Waals surface area contributed by atoms with Gasteiger partial charge in [-0.1, -0.05) is 12.8 Å². The maximum absolute atomic E-state index is 12.5. The van der Waals surface area contributed by atoms with Crippen LogP contribution in [0.4, 0.5) is 11.4 Å². The van der Waals surface area contributed by atoms with Crippen molar-refractivity contribution >= 4 is 39.1 Å². The molecule has 0 aromatic heterocycles. The fourth-order valence-electron chi connectivity index (χ4n) is 4.53. The first-order valence-corrected chi connectivity index (χ1v) is 11.7. The molecule has 2 heterocycles. The van der Waals surface area contributed by atoms with Crippen LogP contribution < -0.4 is 9.62 Å². The molecule has 0 spiro atoms. The second kappa shape index (κ2) is 7.78. The Labute approximate surface area is 170 Å². The van der Waals surface area contributed by atoms with Crippen molar-refractivity contribution in [3.63, 3.8) is 0 Å². The topological polar surface area (TPSA) is 104 Å². The summed E-state index contributed by atoms with van der Waals surface area (Å²) >= 11 is 0. The van der Waals surface area contributed by atoms with Gasteiger partial charge in [-0.3, -0.25) is 23.6 Å². The highest BCUT2D eigenvalue weighted by Gasteiger charge is 2.47. The number of amides is 3. The number of carbonyl (C=O) groups is 3. The average molecular weight is 420 g/mol. The van der Waals surface area contributed by atoms with Crippen LogP contribution in [-0.2, 0) is 24.4 Å². The molecule has 2 unspecified atom stereocenters. The van der Waals surface area contributed by atoms with E-state index in [1.807, 2.05) is 0 Å². The van der Waals surface area contributed by atoms with E-state index < -0.39 is 10.0 Å². The first-order chi connectivity index (χ1) is 13.9. The largest absolute Gasteiger partial charge is 0.326 e. The first kappa shape index (κ1) is 19.9. The molecule has 0 bridgehead atoms. The highest BCUT2D eigenvalue weighted by Crippen LogP contribution is 2.38. The van der Waals surface area contributed by atoms with E-state index in [-0.39, 0.29) is 48.3 Å². The Bertz CT molecular complexity index is 904. The van der Waals surface area contributed by atoms with Gasteiger partial charge in [0, 0.05) is 25.2 Å². The predicted molar refractivity (Wildman–Crippen MR) is 108 cm³/mol. The van der Waals surface area contributed by atoms with Crippen molar-refractivity contribution in [3.05, 3.63) is 24.3 Å². The van der Waals surface area contributed by atoms with E-state index >= 15 is 0 Å². The minimum Gasteiger partial charge on any atom is -0.326 e. The standard InChI is InChI=1S/C20H25N3O5S/c24-18(10-12-22-19(25)16-4-1-2-5-17(16)20(22)26)21-14-6-8-15(9-7-14)23-11-3-13-29(23,27)28/h6-9,16-17H,1-5,10-13H2,(H,21,24). The SMILES string of the molecule is O=C(CCN1C(=O)C2CCCCC2C1=O)Nc1ccc(N2CCCS2(=O)=O)cc1. The second-order valence-corrected chi connectivity index (χ2v) is 9.93. The highest BCUT2D eigenvalue weighted by atomic mass is 32.2. The number of sulfonamides is 1. The van der Waals surface area contributed by atoms with Crippen molar-refractivity contribution in [1.29, 1.82) is 0 Å². The molecule has 8 nitrogen and oxygen atoms in total. The molecule has 1 N–H and O–H groups in total. The van der Waals surface area contributed by atoms with Crippen molar-refractivity contribution in [2.45, 2.75) is 38.5 Å². The zero-order chi connectivity index (χ0) is 20.6. The van der Waals surface area contributed by atoms with Crippen LogP contribution in [0.3, 0.4) is 0 Å². The fourth-order valence-corrected chi connectivity index (χ4v) is 6.09. The highest BCUT2D eigenvalue weighted by molar-refractivity contribution is 7.93. The quantitative estimate of drug-likeness (QED) is 0.732. The first-order valence-electron chi connectivity index (χ1n) is 10.1. The summed E-state index contributed by atoms with van der Waals surface area (Å²) in [4.78, 5) is 38.4. The minimum absolute atomic E-state index is 0.0408. The molecule has 1 saturated carbocycles. The van der Waals surface area contributed by atoms with Gasteiger partial charge in [0.15, 0.2) is 0 Å². The van der Waals surface area contributed by atoms with Crippen LogP contribution >= 0.6 is 0 Å². The molecule has 3 fully saturated rings. The summed E-state index contributed by atoms with van der Waals surface area (Å²) in [6.45, 7) is 0.564. The molecular weight excluding hydrogens is 394 g/mol. The van der Waals surface area contributed by atoms with E-state index in [4.69, 9.17) is 0 Å². The number of imide groups is 1. The molecule has 1 aromatic rings. The zero-order valence-corrected chi connectivity index (χ0v) is 17.0.